The summed E-state index contributed by atoms with van der Waals surface area (Å²) >= 11 is 13.0. The van der Waals surface area contributed by atoms with Gasteiger partial charge in [0.2, 0.25) is 5.91 Å². The van der Waals surface area contributed by atoms with E-state index in [4.69, 9.17) is 27.9 Å². The number of nitrogens with one attached hydrogen (secondary N) is 1. The van der Waals surface area contributed by atoms with Crippen LogP contribution in [0.5, 0.6) is 5.75 Å². The van der Waals surface area contributed by atoms with E-state index in [1.165, 1.54) is 4.90 Å². The predicted octanol–water partition coefficient (Wildman–Crippen LogP) is 6.54. The third-order valence-corrected chi connectivity index (χ3v) is 6.93. The molecule has 3 rings (SSSR count). The van der Waals surface area contributed by atoms with Crippen molar-refractivity contribution in [2.45, 2.75) is 59.2 Å². The first-order chi connectivity index (χ1) is 17.7. The number of benzene rings is 3. The van der Waals surface area contributed by atoms with E-state index >= 15 is 0 Å². The van der Waals surface area contributed by atoms with E-state index in [0.717, 1.165) is 23.1 Å². The fraction of sp³-hybridized carbons (Fsp3) is 0.333. The van der Waals surface area contributed by atoms with Gasteiger partial charge in [0, 0.05) is 34.6 Å². The Hall–Kier alpha value is -3.02. The highest BCUT2D eigenvalue weighted by molar-refractivity contribution is 6.36. The van der Waals surface area contributed by atoms with Crippen LogP contribution >= 0.6 is 23.2 Å². The highest BCUT2D eigenvalue weighted by Gasteiger charge is 2.32. The molecule has 0 spiro atoms. The molecule has 2 amide bonds. The molecule has 0 heterocycles. The number of carbonyl (C=O) groups excluding carboxylic acids is 2. The average molecular weight is 542 g/mol. The summed E-state index contributed by atoms with van der Waals surface area (Å²) in [4.78, 5) is 28.8. The number of carbonyl (C=O) groups is 2. The molecular formula is C30H34Cl2N2O3. The number of ether oxygens (including phenoxy) is 1. The van der Waals surface area contributed by atoms with Gasteiger partial charge in [0.15, 0.2) is 6.61 Å². The van der Waals surface area contributed by atoms with E-state index in [-0.39, 0.29) is 31.0 Å². The van der Waals surface area contributed by atoms with E-state index in [2.05, 4.69) is 5.32 Å². The van der Waals surface area contributed by atoms with Gasteiger partial charge in [0.05, 0.1) is 0 Å². The quantitative estimate of drug-likeness (QED) is 0.300. The third-order valence-electron chi connectivity index (χ3n) is 6.22. The molecule has 0 radical (unpaired) electrons. The largest absolute Gasteiger partial charge is 0.484 e. The molecule has 7 heteroatoms. The Labute approximate surface area is 229 Å². The summed E-state index contributed by atoms with van der Waals surface area (Å²) in [6.07, 6.45) is 1.10. The molecule has 37 heavy (non-hydrogen) atoms. The average Bonchev–Trinajstić information content (AvgIpc) is 2.86. The van der Waals surface area contributed by atoms with E-state index in [1.54, 1.807) is 18.2 Å². The fourth-order valence-electron chi connectivity index (χ4n) is 4.09. The highest BCUT2D eigenvalue weighted by Crippen LogP contribution is 2.27. The second-order valence-electron chi connectivity index (χ2n) is 9.36. The number of aryl methyl sites for hydroxylation is 2. The maximum Gasteiger partial charge on any atom is 0.261 e. The number of hydrogen-bond donors (Lipinski definition) is 1. The van der Waals surface area contributed by atoms with Gasteiger partial charge < -0.3 is 15.0 Å². The number of nitrogens with zero attached hydrogens (tertiary/aromatic N) is 1. The SMILES string of the molecule is CC[C@H](C)NC(=O)[C@H](Cc1ccccc1)N(Cc1c(Cl)cccc1Cl)C(=O)COc1cc(C)cc(C)c1. The van der Waals surface area contributed by atoms with Crippen molar-refractivity contribution in [3.05, 3.63) is 99.0 Å². The Morgan fingerprint density at radius 2 is 1.57 bits per heavy atom. The van der Waals surface area contributed by atoms with E-state index < -0.39 is 6.04 Å². The van der Waals surface area contributed by atoms with Crippen molar-refractivity contribution in [1.29, 1.82) is 0 Å². The van der Waals surface area contributed by atoms with Gasteiger partial charge in [0.25, 0.3) is 5.91 Å². The van der Waals surface area contributed by atoms with E-state index in [0.29, 0.717) is 27.8 Å². The Bertz CT molecular complexity index is 1180. The van der Waals surface area contributed by atoms with Crippen LogP contribution in [0.2, 0.25) is 10.0 Å². The van der Waals surface area contributed by atoms with Gasteiger partial charge in [-0.05, 0) is 68.1 Å². The number of hydrogen-bond acceptors (Lipinski definition) is 3. The van der Waals surface area contributed by atoms with Crippen LogP contribution in [-0.4, -0.2) is 35.4 Å². The minimum Gasteiger partial charge on any atom is -0.484 e. The summed E-state index contributed by atoms with van der Waals surface area (Å²) in [7, 11) is 0. The number of rotatable bonds is 11. The summed E-state index contributed by atoms with van der Waals surface area (Å²) in [6, 6.07) is 19.8. The smallest absolute Gasteiger partial charge is 0.261 e. The molecule has 3 aromatic rings. The Morgan fingerprint density at radius 1 is 0.946 bits per heavy atom. The van der Waals surface area contributed by atoms with Gasteiger partial charge >= 0.3 is 0 Å². The molecule has 196 valence electrons. The summed E-state index contributed by atoms with van der Waals surface area (Å²) in [5.74, 6) is 0.0294. The van der Waals surface area contributed by atoms with Crippen LogP contribution in [0.1, 0.15) is 42.5 Å². The molecule has 1 N–H and O–H groups in total. The first-order valence-corrected chi connectivity index (χ1v) is 13.2. The number of amides is 2. The lowest BCUT2D eigenvalue weighted by Gasteiger charge is -2.32. The minimum atomic E-state index is -0.793. The van der Waals surface area contributed by atoms with Gasteiger partial charge in [-0.2, -0.15) is 0 Å². The Morgan fingerprint density at radius 3 is 2.16 bits per heavy atom. The zero-order valence-electron chi connectivity index (χ0n) is 21.8. The van der Waals surface area contributed by atoms with Gasteiger partial charge in [-0.3, -0.25) is 9.59 Å². The molecule has 0 aliphatic heterocycles. The lowest BCUT2D eigenvalue weighted by atomic mass is 10.0. The van der Waals surface area contributed by atoms with Crippen molar-refractivity contribution in [2.24, 2.45) is 0 Å². The molecule has 0 aromatic heterocycles. The zero-order valence-corrected chi connectivity index (χ0v) is 23.3. The van der Waals surface area contributed by atoms with Crippen LogP contribution < -0.4 is 10.1 Å². The van der Waals surface area contributed by atoms with Crippen LogP contribution in [0.15, 0.2) is 66.7 Å². The van der Waals surface area contributed by atoms with Crippen molar-refractivity contribution in [1.82, 2.24) is 10.2 Å². The molecule has 0 unspecified atom stereocenters. The molecule has 0 bridgehead atoms. The van der Waals surface area contributed by atoms with Crippen LogP contribution in [0.25, 0.3) is 0 Å². The molecule has 2 atom stereocenters. The highest BCUT2D eigenvalue weighted by atomic mass is 35.5. The molecule has 0 saturated carbocycles. The molecule has 3 aromatic carbocycles. The van der Waals surface area contributed by atoms with Gasteiger partial charge in [0.1, 0.15) is 11.8 Å². The first kappa shape index (κ1) is 28.5. The summed E-state index contributed by atoms with van der Waals surface area (Å²) in [5.41, 5.74) is 3.60. The molecule has 0 fully saturated rings. The summed E-state index contributed by atoms with van der Waals surface area (Å²) < 4.78 is 5.90. The van der Waals surface area contributed by atoms with Gasteiger partial charge in [-0.15, -0.1) is 0 Å². The van der Waals surface area contributed by atoms with Crippen molar-refractivity contribution in [3.8, 4) is 5.75 Å². The Kier molecular flexibility index (Phi) is 10.4. The lowest BCUT2D eigenvalue weighted by Crippen LogP contribution is -2.53. The molecule has 0 aliphatic rings. The fourth-order valence-corrected chi connectivity index (χ4v) is 4.61. The maximum absolute atomic E-state index is 13.7. The van der Waals surface area contributed by atoms with Crippen LogP contribution in [0, 0.1) is 13.8 Å². The van der Waals surface area contributed by atoms with E-state index in [1.807, 2.05) is 76.2 Å². The van der Waals surface area contributed by atoms with Gasteiger partial charge in [-0.25, -0.2) is 0 Å². The van der Waals surface area contributed by atoms with Crippen LogP contribution in [0.4, 0.5) is 0 Å². The summed E-state index contributed by atoms with van der Waals surface area (Å²) in [5, 5.41) is 3.91. The standard InChI is InChI=1S/C30H34Cl2N2O3/c1-5-22(4)33-30(36)28(17-23-10-7-6-8-11-23)34(18-25-26(31)12-9-13-27(25)32)29(35)19-37-24-15-20(2)14-21(3)16-24/h6-16,22,28H,5,17-19H2,1-4H3,(H,33,36)/t22-,28-/m0/s1. The van der Waals surface area contributed by atoms with Crippen molar-refractivity contribution >= 4 is 35.0 Å². The summed E-state index contributed by atoms with van der Waals surface area (Å²) in [6.45, 7) is 7.73. The van der Waals surface area contributed by atoms with Gasteiger partial charge in [-0.1, -0.05) is 72.6 Å². The predicted molar refractivity (Wildman–Crippen MR) is 150 cm³/mol. The Balaban J connectivity index is 1.97. The van der Waals surface area contributed by atoms with Crippen LogP contribution in [-0.2, 0) is 22.6 Å². The second-order valence-corrected chi connectivity index (χ2v) is 10.2. The third kappa shape index (κ3) is 8.24. The number of halogens is 2. The molecule has 0 aliphatic carbocycles. The van der Waals surface area contributed by atoms with Crippen molar-refractivity contribution < 1.29 is 14.3 Å². The van der Waals surface area contributed by atoms with E-state index in [9.17, 15) is 9.59 Å². The zero-order chi connectivity index (χ0) is 26.9. The monoisotopic (exact) mass is 540 g/mol. The topological polar surface area (TPSA) is 58.6 Å². The molecular weight excluding hydrogens is 507 g/mol. The normalized spacial score (nSPS) is 12.5. The minimum absolute atomic E-state index is 0.0434. The van der Waals surface area contributed by atoms with Crippen molar-refractivity contribution in [3.63, 3.8) is 0 Å². The first-order valence-electron chi connectivity index (χ1n) is 12.5. The van der Waals surface area contributed by atoms with Crippen LogP contribution in [0.3, 0.4) is 0 Å². The maximum atomic E-state index is 13.7. The van der Waals surface area contributed by atoms with Crippen molar-refractivity contribution in [2.75, 3.05) is 6.61 Å². The molecule has 0 saturated heterocycles. The molecule has 5 nitrogen and oxygen atoms in total. The second kappa shape index (κ2) is 13.5. The lowest BCUT2D eigenvalue weighted by molar-refractivity contribution is -0.143.